The maximum atomic E-state index is 12.0. The van der Waals surface area contributed by atoms with Crippen molar-refractivity contribution in [1.29, 1.82) is 0 Å². The first-order valence-electron chi connectivity index (χ1n) is 5.45. The highest BCUT2D eigenvalue weighted by Gasteiger charge is 2.15. The average molecular weight is 313 g/mol. The van der Waals surface area contributed by atoms with Crippen LogP contribution >= 0.6 is 23.1 Å². The molecule has 2 aromatic heterocycles. The van der Waals surface area contributed by atoms with E-state index in [2.05, 4.69) is 20.6 Å². The predicted octanol–water partition coefficient (Wildman–Crippen LogP) is 1.01. The molecule has 106 valence electrons. The van der Waals surface area contributed by atoms with Gasteiger partial charge in [0.25, 0.3) is 5.91 Å². The van der Waals surface area contributed by atoms with Gasteiger partial charge in [-0.05, 0) is 6.92 Å². The highest BCUT2D eigenvalue weighted by molar-refractivity contribution is 8.01. The highest BCUT2D eigenvalue weighted by Crippen LogP contribution is 2.25. The lowest BCUT2D eigenvalue weighted by molar-refractivity contribution is -0.133. The van der Waals surface area contributed by atoms with Crippen molar-refractivity contribution in [1.82, 2.24) is 20.0 Å². The molecule has 20 heavy (non-hydrogen) atoms. The molecule has 0 saturated carbocycles. The van der Waals surface area contributed by atoms with Gasteiger partial charge in [-0.15, -0.1) is 10.2 Å². The summed E-state index contributed by atoms with van der Waals surface area (Å²) in [6.45, 7) is 1.74. The van der Waals surface area contributed by atoms with Gasteiger partial charge in [-0.1, -0.05) is 23.1 Å². The molecule has 2 aromatic rings. The van der Waals surface area contributed by atoms with E-state index in [9.17, 15) is 9.59 Å². The molecule has 0 atom stereocenters. The zero-order valence-corrected chi connectivity index (χ0v) is 12.3. The van der Waals surface area contributed by atoms with E-state index in [1.54, 1.807) is 24.9 Å². The predicted molar refractivity (Wildman–Crippen MR) is 74.2 cm³/mol. The van der Waals surface area contributed by atoms with Crippen LogP contribution in [0, 0.1) is 6.92 Å². The Balaban J connectivity index is 2.01. The van der Waals surface area contributed by atoms with Crippen LogP contribution in [-0.2, 0) is 11.8 Å². The number of aliphatic carboxylic acids is 1. The minimum Gasteiger partial charge on any atom is -0.481 e. The third kappa shape index (κ3) is 3.54. The van der Waals surface area contributed by atoms with Crippen LogP contribution in [0.4, 0.5) is 5.13 Å². The molecule has 0 bridgehead atoms. The lowest BCUT2D eigenvalue weighted by atomic mass is 10.2. The number of amides is 1. The van der Waals surface area contributed by atoms with Gasteiger partial charge in [0, 0.05) is 13.2 Å². The molecule has 10 heteroatoms. The van der Waals surface area contributed by atoms with E-state index in [0.717, 1.165) is 23.1 Å². The molecule has 0 aliphatic heterocycles. The third-order valence-electron chi connectivity index (χ3n) is 2.20. The van der Waals surface area contributed by atoms with E-state index in [-0.39, 0.29) is 11.7 Å². The summed E-state index contributed by atoms with van der Waals surface area (Å²) in [6.07, 6.45) is 1.62. The SMILES string of the molecule is Cc1nn(C)cc1C(=O)Nc1nnc(SCC(=O)O)s1. The van der Waals surface area contributed by atoms with Crippen molar-refractivity contribution < 1.29 is 14.7 Å². The maximum Gasteiger partial charge on any atom is 0.313 e. The van der Waals surface area contributed by atoms with Crippen molar-refractivity contribution in [2.75, 3.05) is 11.1 Å². The number of carboxylic acid groups (broad SMARTS) is 1. The number of aryl methyl sites for hydroxylation is 2. The zero-order chi connectivity index (χ0) is 14.7. The van der Waals surface area contributed by atoms with Crippen LogP contribution in [0.15, 0.2) is 10.5 Å². The molecule has 1 amide bonds. The average Bonchev–Trinajstić information content (AvgIpc) is 2.93. The number of nitrogens with one attached hydrogen (secondary N) is 1. The number of nitrogens with zero attached hydrogens (tertiary/aromatic N) is 4. The number of hydrogen-bond acceptors (Lipinski definition) is 7. The number of carbonyl (C=O) groups excluding carboxylic acids is 1. The quantitative estimate of drug-likeness (QED) is 0.626. The zero-order valence-electron chi connectivity index (χ0n) is 10.7. The summed E-state index contributed by atoms with van der Waals surface area (Å²) in [5, 5.41) is 23.2. The number of aromatic nitrogens is 4. The number of thioether (sulfide) groups is 1. The second-order valence-electron chi connectivity index (χ2n) is 3.81. The van der Waals surface area contributed by atoms with Gasteiger partial charge in [-0.25, -0.2) is 0 Å². The molecular weight excluding hydrogens is 302 g/mol. The van der Waals surface area contributed by atoms with Crippen molar-refractivity contribution in [2.45, 2.75) is 11.3 Å². The van der Waals surface area contributed by atoms with Gasteiger partial charge < -0.3 is 5.11 Å². The molecule has 2 N–H and O–H groups in total. The van der Waals surface area contributed by atoms with Crippen LogP contribution in [0.1, 0.15) is 16.1 Å². The first-order chi connectivity index (χ1) is 9.45. The number of carbonyl (C=O) groups is 2. The number of rotatable bonds is 5. The standard InChI is InChI=1S/C10H11N5O3S2/c1-5-6(3-15(2)14-5)8(18)11-9-12-13-10(20-9)19-4-7(16)17/h3H,4H2,1-2H3,(H,16,17)(H,11,12,18). The number of hydrogen-bond donors (Lipinski definition) is 2. The van der Waals surface area contributed by atoms with Crippen LogP contribution in [0.3, 0.4) is 0 Å². The molecule has 0 spiro atoms. The fraction of sp³-hybridized carbons (Fsp3) is 0.300. The van der Waals surface area contributed by atoms with Crippen molar-refractivity contribution in [2.24, 2.45) is 7.05 Å². The van der Waals surface area contributed by atoms with Crippen molar-refractivity contribution >= 4 is 40.1 Å². The molecule has 0 unspecified atom stereocenters. The van der Waals surface area contributed by atoms with E-state index >= 15 is 0 Å². The summed E-state index contributed by atoms with van der Waals surface area (Å²) < 4.78 is 2.05. The van der Waals surface area contributed by atoms with Crippen LogP contribution in [0.25, 0.3) is 0 Å². The fourth-order valence-electron chi connectivity index (χ4n) is 1.43. The van der Waals surface area contributed by atoms with Crippen molar-refractivity contribution in [3.63, 3.8) is 0 Å². The summed E-state index contributed by atoms with van der Waals surface area (Å²) in [6, 6.07) is 0. The summed E-state index contributed by atoms with van der Waals surface area (Å²) in [4.78, 5) is 22.4. The maximum absolute atomic E-state index is 12.0. The monoisotopic (exact) mass is 313 g/mol. The minimum absolute atomic E-state index is 0.0930. The normalized spacial score (nSPS) is 10.5. The molecule has 0 fully saturated rings. The van der Waals surface area contributed by atoms with E-state index in [1.807, 2.05) is 0 Å². The van der Waals surface area contributed by atoms with E-state index < -0.39 is 5.97 Å². The number of carboxylic acids is 1. The van der Waals surface area contributed by atoms with Gasteiger partial charge in [-0.3, -0.25) is 19.6 Å². The lowest BCUT2D eigenvalue weighted by Gasteiger charge is -1.98. The second kappa shape index (κ2) is 6.01. The number of anilines is 1. The third-order valence-corrected chi connectivity index (χ3v) is 4.16. The molecule has 0 radical (unpaired) electrons. The molecule has 2 heterocycles. The first kappa shape index (κ1) is 14.5. The van der Waals surface area contributed by atoms with Crippen LogP contribution in [0.5, 0.6) is 0 Å². The van der Waals surface area contributed by atoms with Crippen molar-refractivity contribution in [3.8, 4) is 0 Å². The van der Waals surface area contributed by atoms with E-state index in [0.29, 0.717) is 20.7 Å². The Morgan fingerprint density at radius 2 is 2.25 bits per heavy atom. The first-order valence-corrected chi connectivity index (χ1v) is 7.25. The second-order valence-corrected chi connectivity index (χ2v) is 6.01. The lowest BCUT2D eigenvalue weighted by Crippen LogP contribution is -2.12. The molecule has 0 aliphatic carbocycles. The van der Waals surface area contributed by atoms with Crippen LogP contribution in [0.2, 0.25) is 0 Å². The summed E-state index contributed by atoms with van der Waals surface area (Å²) >= 11 is 2.19. The minimum atomic E-state index is -0.929. The fourth-order valence-corrected chi connectivity index (χ4v) is 2.90. The summed E-state index contributed by atoms with van der Waals surface area (Å²) in [5.74, 6) is -1.34. The van der Waals surface area contributed by atoms with Crippen LogP contribution in [-0.4, -0.2) is 42.7 Å². The van der Waals surface area contributed by atoms with Crippen molar-refractivity contribution in [3.05, 3.63) is 17.5 Å². The Labute approximate surface area is 122 Å². The van der Waals surface area contributed by atoms with Crippen LogP contribution < -0.4 is 5.32 Å². The van der Waals surface area contributed by atoms with Gasteiger partial charge in [0.05, 0.1) is 17.0 Å². The van der Waals surface area contributed by atoms with Gasteiger partial charge in [0.15, 0.2) is 4.34 Å². The van der Waals surface area contributed by atoms with E-state index in [1.165, 1.54) is 0 Å². The summed E-state index contributed by atoms with van der Waals surface area (Å²) in [5.41, 5.74) is 1.08. The van der Waals surface area contributed by atoms with Gasteiger partial charge in [0.2, 0.25) is 5.13 Å². The summed E-state index contributed by atoms with van der Waals surface area (Å²) in [7, 11) is 1.73. The Bertz CT molecular complexity index is 651. The smallest absolute Gasteiger partial charge is 0.313 e. The topological polar surface area (TPSA) is 110 Å². The molecule has 8 nitrogen and oxygen atoms in total. The largest absolute Gasteiger partial charge is 0.481 e. The Kier molecular flexibility index (Phi) is 4.35. The van der Waals surface area contributed by atoms with Gasteiger partial charge >= 0.3 is 5.97 Å². The molecule has 2 rings (SSSR count). The Morgan fingerprint density at radius 3 is 2.85 bits per heavy atom. The molecule has 0 aromatic carbocycles. The molecular formula is C10H11N5O3S2. The van der Waals surface area contributed by atoms with Gasteiger partial charge in [0.1, 0.15) is 0 Å². The Morgan fingerprint density at radius 1 is 1.50 bits per heavy atom. The highest BCUT2D eigenvalue weighted by atomic mass is 32.2. The van der Waals surface area contributed by atoms with E-state index in [4.69, 9.17) is 5.11 Å². The molecule has 0 aliphatic rings. The Hall–Kier alpha value is -1.94. The van der Waals surface area contributed by atoms with Gasteiger partial charge in [-0.2, -0.15) is 5.10 Å². The molecule has 0 saturated heterocycles.